The molecule has 0 aliphatic carbocycles. The molecule has 0 bridgehead atoms. The number of hydrogen-bond acceptors (Lipinski definition) is 3. The van der Waals surface area contributed by atoms with Gasteiger partial charge in [0.05, 0.1) is 6.10 Å². The predicted octanol–water partition coefficient (Wildman–Crippen LogP) is 3.45. The minimum absolute atomic E-state index is 0.0668. The van der Waals surface area contributed by atoms with Crippen LogP contribution < -0.4 is 10.2 Å². The van der Waals surface area contributed by atoms with Gasteiger partial charge in [-0.3, -0.25) is 4.79 Å². The normalized spacial score (nSPS) is 13.0. The highest BCUT2D eigenvalue weighted by atomic mass is 16.3. The molecule has 0 aliphatic heterocycles. The SMILES string of the molecule is CCN(c1ccc(C(=O)NCC(C)(C)CC(C)O)cc1)C(C)C. The van der Waals surface area contributed by atoms with E-state index in [2.05, 4.69) is 31.0 Å². The molecule has 0 spiro atoms. The van der Waals surface area contributed by atoms with E-state index in [0.717, 1.165) is 12.2 Å². The third-order valence-electron chi connectivity index (χ3n) is 4.00. The number of benzene rings is 1. The van der Waals surface area contributed by atoms with Gasteiger partial charge in [-0.1, -0.05) is 13.8 Å². The summed E-state index contributed by atoms with van der Waals surface area (Å²) in [6, 6.07) is 8.17. The number of anilines is 1. The molecule has 1 atom stereocenters. The summed E-state index contributed by atoms with van der Waals surface area (Å²) in [7, 11) is 0. The highest BCUT2D eigenvalue weighted by Crippen LogP contribution is 2.22. The molecule has 0 heterocycles. The molecule has 23 heavy (non-hydrogen) atoms. The van der Waals surface area contributed by atoms with Crippen molar-refractivity contribution in [1.29, 1.82) is 0 Å². The van der Waals surface area contributed by atoms with Gasteiger partial charge in [0.15, 0.2) is 0 Å². The van der Waals surface area contributed by atoms with Crippen LogP contribution in [0.1, 0.15) is 58.3 Å². The third-order valence-corrected chi connectivity index (χ3v) is 4.00. The Hall–Kier alpha value is -1.55. The van der Waals surface area contributed by atoms with Crippen molar-refractivity contribution in [1.82, 2.24) is 5.32 Å². The van der Waals surface area contributed by atoms with Gasteiger partial charge in [-0.05, 0) is 63.8 Å². The van der Waals surface area contributed by atoms with Crippen LogP contribution in [0, 0.1) is 5.41 Å². The van der Waals surface area contributed by atoms with Gasteiger partial charge in [0.2, 0.25) is 0 Å². The molecule has 2 N–H and O–H groups in total. The average molecular weight is 320 g/mol. The van der Waals surface area contributed by atoms with Crippen LogP contribution in [0.4, 0.5) is 5.69 Å². The predicted molar refractivity (Wildman–Crippen MR) is 97.0 cm³/mol. The Kier molecular flexibility index (Phi) is 7.07. The summed E-state index contributed by atoms with van der Waals surface area (Å²) in [5.41, 5.74) is 1.68. The lowest BCUT2D eigenvalue weighted by atomic mass is 9.87. The summed E-state index contributed by atoms with van der Waals surface area (Å²) in [4.78, 5) is 14.6. The van der Waals surface area contributed by atoms with Crippen molar-refractivity contribution in [2.75, 3.05) is 18.0 Å². The average Bonchev–Trinajstić information content (AvgIpc) is 2.44. The van der Waals surface area contributed by atoms with Crippen LogP contribution in [0.3, 0.4) is 0 Å². The smallest absolute Gasteiger partial charge is 0.251 e. The van der Waals surface area contributed by atoms with Gasteiger partial charge in [-0.2, -0.15) is 0 Å². The fraction of sp³-hybridized carbons (Fsp3) is 0.632. The van der Waals surface area contributed by atoms with Crippen LogP contribution in [-0.2, 0) is 0 Å². The van der Waals surface area contributed by atoms with E-state index in [0.29, 0.717) is 24.6 Å². The molecule has 1 rings (SSSR count). The lowest BCUT2D eigenvalue weighted by Gasteiger charge is -2.28. The molecule has 0 aliphatic rings. The molecule has 0 saturated heterocycles. The topological polar surface area (TPSA) is 52.6 Å². The number of amides is 1. The van der Waals surface area contributed by atoms with Crippen LogP contribution >= 0.6 is 0 Å². The van der Waals surface area contributed by atoms with E-state index < -0.39 is 0 Å². The summed E-state index contributed by atoms with van der Waals surface area (Å²) in [5, 5.41) is 12.5. The van der Waals surface area contributed by atoms with Gasteiger partial charge in [-0.15, -0.1) is 0 Å². The molecular formula is C19H32N2O2. The Morgan fingerprint density at radius 2 is 1.78 bits per heavy atom. The second-order valence-corrected chi connectivity index (χ2v) is 7.33. The molecule has 4 nitrogen and oxygen atoms in total. The van der Waals surface area contributed by atoms with Crippen molar-refractivity contribution in [3.63, 3.8) is 0 Å². The maximum atomic E-state index is 12.3. The minimum Gasteiger partial charge on any atom is -0.393 e. The van der Waals surface area contributed by atoms with E-state index in [-0.39, 0.29) is 17.4 Å². The number of aliphatic hydroxyl groups is 1. The maximum Gasteiger partial charge on any atom is 0.251 e. The van der Waals surface area contributed by atoms with Crippen LogP contribution in [0.5, 0.6) is 0 Å². The highest BCUT2D eigenvalue weighted by Gasteiger charge is 2.21. The van der Waals surface area contributed by atoms with Crippen molar-refractivity contribution < 1.29 is 9.90 Å². The molecule has 4 heteroatoms. The first-order valence-corrected chi connectivity index (χ1v) is 8.49. The van der Waals surface area contributed by atoms with E-state index in [1.807, 2.05) is 38.1 Å². The molecule has 0 radical (unpaired) electrons. The zero-order valence-corrected chi connectivity index (χ0v) is 15.4. The third kappa shape index (κ3) is 6.22. The zero-order valence-electron chi connectivity index (χ0n) is 15.4. The Bertz CT molecular complexity index is 493. The zero-order chi connectivity index (χ0) is 17.6. The first kappa shape index (κ1) is 19.5. The van der Waals surface area contributed by atoms with Crippen LogP contribution in [-0.4, -0.2) is 36.2 Å². The summed E-state index contributed by atoms with van der Waals surface area (Å²) < 4.78 is 0. The molecule has 1 aromatic rings. The Morgan fingerprint density at radius 3 is 2.22 bits per heavy atom. The number of hydrogen-bond donors (Lipinski definition) is 2. The van der Waals surface area contributed by atoms with Gasteiger partial charge in [0.25, 0.3) is 5.91 Å². The molecule has 1 unspecified atom stereocenters. The molecule has 130 valence electrons. The first-order valence-electron chi connectivity index (χ1n) is 8.49. The lowest BCUT2D eigenvalue weighted by molar-refractivity contribution is 0.0902. The summed E-state index contributed by atoms with van der Waals surface area (Å²) in [5.74, 6) is -0.0668. The Morgan fingerprint density at radius 1 is 1.22 bits per heavy atom. The largest absolute Gasteiger partial charge is 0.393 e. The number of rotatable bonds is 8. The van der Waals surface area contributed by atoms with E-state index in [1.54, 1.807) is 6.92 Å². The van der Waals surface area contributed by atoms with Gasteiger partial charge < -0.3 is 15.3 Å². The fourth-order valence-corrected chi connectivity index (χ4v) is 2.94. The monoisotopic (exact) mass is 320 g/mol. The van der Waals surface area contributed by atoms with Gasteiger partial charge in [0, 0.05) is 30.4 Å². The Balaban J connectivity index is 2.68. The summed E-state index contributed by atoms with van der Waals surface area (Å²) in [6.07, 6.45) is 0.295. The molecule has 0 aromatic heterocycles. The molecule has 0 saturated carbocycles. The molecule has 1 aromatic carbocycles. The number of nitrogens with zero attached hydrogens (tertiary/aromatic N) is 1. The first-order chi connectivity index (χ1) is 10.7. The molecular weight excluding hydrogens is 288 g/mol. The fourth-order valence-electron chi connectivity index (χ4n) is 2.94. The molecule has 1 amide bonds. The van der Waals surface area contributed by atoms with Crippen LogP contribution in [0.2, 0.25) is 0 Å². The van der Waals surface area contributed by atoms with E-state index in [4.69, 9.17) is 0 Å². The minimum atomic E-state index is -0.364. The van der Waals surface area contributed by atoms with Crippen LogP contribution in [0.25, 0.3) is 0 Å². The van der Waals surface area contributed by atoms with E-state index in [9.17, 15) is 9.90 Å². The summed E-state index contributed by atoms with van der Waals surface area (Å²) in [6.45, 7) is 13.8. The highest BCUT2D eigenvalue weighted by molar-refractivity contribution is 5.94. The number of nitrogens with one attached hydrogen (secondary N) is 1. The molecule has 0 fully saturated rings. The van der Waals surface area contributed by atoms with Crippen LogP contribution in [0.15, 0.2) is 24.3 Å². The van der Waals surface area contributed by atoms with Crippen molar-refractivity contribution >= 4 is 11.6 Å². The van der Waals surface area contributed by atoms with E-state index >= 15 is 0 Å². The number of aliphatic hydroxyl groups excluding tert-OH is 1. The number of carbonyl (C=O) groups excluding carboxylic acids is 1. The van der Waals surface area contributed by atoms with Crippen molar-refractivity contribution in [3.8, 4) is 0 Å². The maximum absolute atomic E-state index is 12.3. The quantitative estimate of drug-likeness (QED) is 0.771. The number of carbonyl (C=O) groups is 1. The van der Waals surface area contributed by atoms with Gasteiger partial charge in [0.1, 0.15) is 0 Å². The lowest BCUT2D eigenvalue weighted by Crippen LogP contribution is -2.35. The van der Waals surface area contributed by atoms with Gasteiger partial charge in [-0.25, -0.2) is 0 Å². The second-order valence-electron chi connectivity index (χ2n) is 7.33. The van der Waals surface area contributed by atoms with Crippen molar-refractivity contribution in [2.45, 2.75) is 60.1 Å². The van der Waals surface area contributed by atoms with Crippen molar-refractivity contribution in [2.24, 2.45) is 5.41 Å². The second kappa shape index (κ2) is 8.34. The van der Waals surface area contributed by atoms with Crippen molar-refractivity contribution in [3.05, 3.63) is 29.8 Å². The summed E-state index contributed by atoms with van der Waals surface area (Å²) >= 11 is 0. The van der Waals surface area contributed by atoms with E-state index in [1.165, 1.54) is 0 Å². The Labute approximate surface area is 140 Å². The standard InChI is InChI=1S/C19H32N2O2/c1-7-21(14(2)3)17-10-8-16(9-11-17)18(23)20-13-19(5,6)12-15(4)22/h8-11,14-15,22H,7,12-13H2,1-6H3,(H,20,23). The van der Waals surface area contributed by atoms with Gasteiger partial charge >= 0.3 is 0 Å².